The Morgan fingerprint density at radius 1 is 1.24 bits per heavy atom. The van der Waals surface area contributed by atoms with Gasteiger partial charge in [-0.05, 0) is 24.3 Å². The standard InChI is InChI=1S/C21H19NO7/c1-26-10-8-22-17(13-7-4-9-28-13)16(19(24)21(22)25)18(23)15-11-12-5-3-6-14(27-2)20(12)29-15/h3-7,9,11,17,24H,8,10H2,1-2H3. The van der Waals surface area contributed by atoms with Crippen LogP contribution in [0.25, 0.3) is 11.0 Å². The van der Waals surface area contributed by atoms with E-state index in [0.717, 1.165) is 0 Å². The Labute approximate surface area is 165 Å². The number of hydrogen-bond acceptors (Lipinski definition) is 7. The molecule has 0 saturated carbocycles. The molecule has 0 aliphatic carbocycles. The Hall–Kier alpha value is -3.52. The van der Waals surface area contributed by atoms with E-state index in [4.69, 9.17) is 18.3 Å². The molecule has 1 unspecified atom stereocenters. The lowest BCUT2D eigenvalue weighted by Gasteiger charge is -2.24. The molecule has 1 aromatic carbocycles. The molecule has 8 heteroatoms. The van der Waals surface area contributed by atoms with Gasteiger partial charge < -0.3 is 28.3 Å². The number of Topliss-reactive ketones (excluding diaryl/α,β-unsaturated/α-hetero) is 1. The van der Waals surface area contributed by atoms with Crippen molar-refractivity contribution in [2.75, 3.05) is 27.4 Å². The molecular weight excluding hydrogens is 378 g/mol. The number of nitrogens with zero attached hydrogens (tertiary/aromatic N) is 1. The Kier molecular flexibility index (Phi) is 4.85. The first-order valence-electron chi connectivity index (χ1n) is 8.94. The maximum Gasteiger partial charge on any atom is 0.290 e. The summed E-state index contributed by atoms with van der Waals surface area (Å²) in [5.74, 6) is -1.07. The lowest BCUT2D eigenvalue weighted by molar-refractivity contribution is -0.130. The van der Waals surface area contributed by atoms with Gasteiger partial charge in [0.05, 0.1) is 25.6 Å². The molecule has 1 N–H and O–H groups in total. The second kappa shape index (κ2) is 7.48. The fraction of sp³-hybridized carbons (Fsp3) is 0.238. The van der Waals surface area contributed by atoms with Crippen LogP contribution < -0.4 is 4.74 Å². The van der Waals surface area contributed by atoms with Gasteiger partial charge in [0.1, 0.15) is 11.8 Å². The monoisotopic (exact) mass is 397 g/mol. The van der Waals surface area contributed by atoms with Crippen molar-refractivity contribution in [1.82, 2.24) is 4.90 Å². The summed E-state index contributed by atoms with van der Waals surface area (Å²) in [6.45, 7) is 0.412. The summed E-state index contributed by atoms with van der Waals surface area (Å²) in [7, 11) is 3.01. The number of ketones is 1. The molecule has 1 aliphatic heterocycles. The number of furan rings is 2. The highest BCUT2D eigenvalue weighted by Crippen LogP contribution is 2.40. The van der Waals surface area contributed by atoms with Crippen LogP contribution in [0.3, 0.4) is 0 Å². The zero-order chi connectivity index (χ0) is 20.5. The van der Waals surface area contributed by atoms with Gasteiger partial charge >= 0.3 is 0 Å². The van der Waals surface area contributed by atoms with Crippen molar-refractivity contribution in [1.29, 1.82) is 0 Å². The Morgan fingerprint density at radius 3 is 2.76 bits per heavy atom. The number of methoxy groups -OCH3 is 2. The number of hydrogen-bond donors (Lipinski definition) is 1. The second-order valence-corrected chi connectivity index (χ2v) is 6.49. The van der Waals surface area contributed by atoms with Crippen LogP contribution in [0.4, 0.5) is 0 Å². The van der Waals surface area contributed by atoms with Crippen LogP contribution in [0.2, 0.25) is 0 Å². The zero-order valence-corrected chi connectivity index (χ0v) is 15.9. The van der Waals surface area contributed by atoms with E-state index in [2.05, 4.69) is 0 Å². The molecule has 29 heavy (non-hydrogen) atoms. The molecule has 8 nitrogen and oxygen atoms in total. The number of fused-ring (bicyclic) bond motifs is 1. The molecule has 4 rings (SSSR count). The number of ether oxygens (including phenoxy) is 2. The Morgan fingerprint density at radius 2 is 2.07 bits per heavy atom. The fourth-order valence-electron chi connectivity index (χ4n) is 3.49. The van der Waals surface area contributed by atoms with Crippen molar-refractivity contribution in [3.63, 3.8) is 0 Å². The van der Waals surface area contributed by atoms with E-state index in [1.54, 1.807) is 36.4 Å². The molecule has 2 aromatic heterocycles. The lowest BCUT2D eigenvalue weighted by atomic mass is 9.99. The Bertz CT molecular complexity index is 1090. The third-order valence-electron chi connectivity index (χ3n) is 4.85. The maximum absolute atomic E-state index is 13.3. The van der Waals surface area contributed by atoms with Crippen LogP contribution in [0.1, 0.15) is 22.4 Å². The normalized spacial score (nSPS) is 16.8. The first-order valence-corrected chi connectivity index (χ1v) is 8.94. The average Bonchev–Trinajstić information content (AvgIpc) is 3.45. The van der Waals surface area contributed by atoms with Crippen LogP contribution in [-0.4, -0.2) is 49.1 Å². The quantitative estimate of drug-likeness (QED) is 0.611. The largest absolute Gasteiger partial charge is 0.503 e. The minimum atomic E-state index is -0.879. The summed E-state index contributed by atoms with van der Waals surface area (Å²) < 4.78 is 21.5. The summed E-state index contributed by atoms with van der Waals surface area (Å²) in [6.07, 6.45) is 1.44. The number of rotatable bonds is 7. The van der Waals surface area contributed by atoms with E-state index in [1.165, 1.54) is 25.4 Å². The highest BCUT2D eigenvalue weighted by Gasteiger charge is 2.45. The zero-order valence-electron chi connectivity index (χ0n) is 15.9. The summed E-state index contributed by atoms with van der Waals surface area (Å²) in [5, 5.41) is 11.2. The van der Waals surface area contributed by atoms with Crippen molar-refractivity contribution in [2.45, 2.75) is 6.04 Å². The summed E-state index contributed by atoms with van der Waals surface area (Å²) >= 11 is 0. The van der Waals surface area contributed by atoms with E-state index in [0.29, 0.717) is 22.5 Å². The molecule has 1 amide bonds. The number of para-hydroxylation sites is 1. The molecule has 1 atom stereocenters. The van der Waals surface area contributed by atoms with E-state index in [1.807, 2.05) is 0 Å². The third kappa shape index (κ3) is 3.07. The van der Waals surface area contributed by atoms with E-state index >= 15 is 0 Å². The van der Waals surface area contributed by atoms with Crippen LogP contribution in [0.15, 0.2) is 62.8 Å². The molecule has 0 spiro atoms. The van der Waals surface area contributed by atoms with E-state index < -0.39 is 23.5 Å². The molecular formula is C21H19NO7. The summed E-state index contributed by atoms with van der Waals surface area (Å²) in [4.78, 5) is 27.3. The Balaban J connectivity index is 1.79. The molecule has 0 fully saturated rings. The predicted molar refractivity (Wildman–Crippen MR) is 102 cm³/mol. The minimum absolute atomic E-state index is 0.0102. The lowest BCUT2D eigenvalue weighted by Crippen LogP contribution is -2.33. The van der Waals surface area contributed by atoms with Crippen molar-refractivity contribution in [3.8, 4) is 5.75 Å². The van der Waals surface area contributed by atoms with Crippen LogP contribution in [-0.2, 0) is 9.53 Å². The highest BCUT2D eigenvalue weighted by atomic mass is 16.5. The molecule has 150 valence electrons. The number of carbonyl (C=O) groups is 2. The van der Waals surface area contributed by atoms with Gasteiger partial charge in [0.2, 0.25) is 5.78 Å². The minimum Gasteiger partial charge on any atom is -0.503 e. The average molecular weight is 397 g/mol. The van der Waals surface area contributed by atoms with Gasteiger partial charge in [0.15, 0.2) is 22.9 Å². The molecule has 1 aliphatic rings. The van der Waals surface area contributed by atoms with E-state index in [9.17, 15) is 14.7 Å². The molecule has 0 bridgehead atoms. The molecule has 0 saturated heterocycles. The first kappa shape index (κ1) is 18.8. The van der Waals surface area contributed by atoms with Crippen LogP contribution in [0.5, 0.6) is 5.75 Å². The fourth-order valence-corrected chi connectivity index (χ4v) is 3.49. The number of amides is 1. The van der Waals surface area contributed by atoms with Gasteiger partial charge in [-0.1, -0.05) is 12.1 Å². The van der Waals surface area contributed by atoms with Gasteiger partial charge in [-0.15, -0.1) is 0 Å². The summed E-state index contributed by atoms with van der Waals surface area (Å²) in [5.41, 5.74) is 0.313. The SMILES string of the molecule is COCCN1C(=O)C(O)=C(C(=O)c2cc3cccc(OC)c3o2)C1c1ccco1. The summed E-state index contributed by atoms with van der Waals surface area (Å²) in [6, 6.07) is 9.24. The smallest absolute Gasteiger partial charge is 0.290 e. The van der Waals surface area contributed by atoms with Crippen LogP contribution in [0, 0.1) is 0 Å². The number of aliphatic hydroxyl groups is 1. The van der Waals surface area contributed by atoms with Gasteiger partial charge in [0, 0.05) is 19.0 Å². The van der Waals surface area contributed by atoms with E-state index in [-0.39, 0.29) is 24.5 Å². The van der Waals surface area contributed by atoms with Gasteiger partial charge in [-0.2, -0.15) is 0 Å². The molecule has 3 heterocycles. The van der Waals surface area contributed by atoms with Gasteiger partial charge in [-0.25, -0.2) is 0 Å². The van der Waals surface area contributed by atoms with Gasteiger partial charge in [-0.3, -0.25) is 9.59 Å². The topological polar surface area (TPSA) is 102 Å². The third-order valence-corrected chi connectivity index (χ3v) is 4.85. The second-order valence-electron chi connectivity index (χ2n) is 6.49. The van der Waals surface area contributed by atoms with Crippen molar-refractivity contribution >= 4 is 22.7 Å². The van der Waals surface area contributed by atoms with Crippen LogP contribution >= 0.6 is 0 Å². The number of aliphatic hydroxyl groups excluding tert-OH is 1. The van der Waals surface area contributed by atoms with Gasteiger partial charge in [0.25, 0.3) is 5.91 Å². The number of carbonyl (C=O) groups excluding carboxylic acids is 2. The van der Waals surface area contributed by atoms with Crippen molar-refractivity contribution in [2.24, 2.45) is 0 Å². The number of benzene rings is 1. The first-order chi connectivity index (χ1) is 14.1. The maximum atomic E-state index is 13.3. The molecule has 0 radical (unpaired) electrons. The predicted octanol–water partition coefficient (Wildman–Crippen LogP) is 3.26. The van der Waals surface area contributed by atoms with Crippen molar-refractivity contribution < 1.29 is 33.0 Å². The van der Waals surface area contributed by atoms with Crippen molar-refractivity contribution in [3.05, 3.63) is 65.5 Å². The highest BCUT2D eigenvalue weighted by molar-refractivity contribution is 6.16. The molecule has 3 aromatic rings.